The van der Waals surface area contributed by atoms with E-state index in [-0.39, 0.29) is 5.56 Å². The number of nitrogens with zero attached hydrogens (tertiary/aromatic N) is 2. The highest BCUT2D eigenvalue weighted by molar-refractivity contribution is 5.25. The molecule has 0 saturated heterocycles. The van der Waals surface area contributed by atoms with Crippen LogP contribution >= 0.6 is 0 Å². The highest BCUT2D eigenvalue weighted by atomic mass is 19.1. The van der Waals surface area contributed by atoms with Crippen LogP contribution in [0.2, 0.25) is 0 Å². The lowest BCUT2D eigenvalue weighted by molar-refractivity contribution is 0.460. The van der Waals surface area contributed by atoms with Crippen molar-refractivity contribution in [2.24, 2.45) is 5.84 Å². The second kappa shape index (κ2) is 6.78. The zero-order chi connectivity index (χ0) is 15.4. The molecule has 6 heteroatoms. The van der Waals surface area contributed by atoms with Gasteiger partial charge in [0.2, 0.25) is 0 Å². The number of hydrogen-bond donors (Lipinski definition) is 2. The molecule has 1 atom stereocenters. The van der Waals surface area contributed by atoms with Crippen molar-refractivity contribution in [3.8, 4) is 0 Å². The van der Waals surface area contributed by atoms with Crippen molar-refractivity contribution < 1.29 is 8.78 Å². The molecule has 0 bridgehead atoms. The van der Waals surface area contributed by atoms with Gasteiger partial charge in [0.05, 0.1) is 11.7 Å². The molecule has 1 unspecified atom stereocenters. The quantitative estimate of drug-likeness (QED) is 0.636. The summed E-state index contributed by atoms with van der Waals surface area (Å²) in [5.74, 6) is 4.31. The van der Waals surface area contributed by atoms with Gasteiger partial charge in [-0.05, 0) is 31.5 Å². The van der Waals surface area contributed by atoms with E-state index in [1.807, 2.05) is 24.6 Å². The molecule has 21 heavy (non-hydrogen) atoms. The van der Waals surface area contributed by atoms with Crippen LogP contribution in [0.5, 0.6) is 0 Å². The maximum absolute atomic E-state index is 13.9. The third-order valence-electron chi connectivity index (χ3n) is 3.54. The highest BCUT2D eigenvalue weighted by Gasteiger charge is 2.21. The lowest BCUT2D eigenvalue weighted by atomic mass is 10.0. The molecule has 1 aromatic heterocycles. The highest BCUT2D eigenvalue weighted by Crippen LogP contribution is 2.24. The van der Waals surface area contributed by atoms with Gasteiger partial charge >= 0.3 is 0 Å². The Morgan fingerprint density at radius 1 is 1.29 bits per heavy atom. The molecule has 0 aliphatic carbocycles. The topological polar surface area (TPSA) is 55.9 Å². The lowest BCUT2D eigenvalue weighted by Gasteiger charge is -2.18. The summed E-state index contributed by atoms with van der Waals surface area (Å²) in [4.78, 5) is 0. The molecule has 0 aliphatic heterocycles. The van der Waals surface area contributed by atoms with Gasteiger partial charge in [0.1, 0.15) is 11.6 Å². The zero-order valence-corrected chi connectivity index (χ0v) is 12.2. The largest absolute Gasteiger partial charge is 0.271 e. The van der Waals surface area contributed by atoms with Crippen molar-refractivity contribution in [3.63, 3.8) is 0 Å². The summed E-state index contributed by atoms with van der Waals surface area (Å²) in [6, 6.07) is 5.12. The summed E-state index contributed by atoms with van der Waals surface area (Å²) < 4.78 is 29.6. The van der Waals surface area contributed by atoms with E-state index in [9.17, 15) is 8.78 Å². The average Bonchev–Trinajstić information content (AvgIpc) is 2.88. The van der Waals surface area contributed by atoms with Crippen LogP contribution in [0.1, 0.15) is 36.8 Å². The van der Waals surface area contributed by atoms with Crippen LogP contribution in [-0.4, -0.2) is 9.78 Å². The summed E-state index contributed by atoms with van der Waals surface area (Å²) in [6.45, 7) is 4.69. The summed E-state index contributed by atoms with van der Waals surface area (Å²) in [5.41, 5.74) is 4.32. The minimum Gasteiger partial charge on any atom is -0.271 e. The van der Waals surface area contributed by atoms with Crippen LogP contribution in [0, 0.1) is 11.6 Å². The Morgan fingerprint density at radius 3 is 2.48 bits per heavy atom. The van der Waals surface area contributed by atoms with Gasteiger partial charge in [-0.15, -0.1) is 0 Å². The summed E-state index contributed by atoms with van der Waals surface area (Å²) in [5, 5.41) is 4.43. The van der Waals surface area contributed by atoms with E-state index in [0.29, 0.717) is 13.0 Å². The smallest absolute Gasteiger partial charge is 0.130 e. The number of rotatable bonds is 6. The third kappa shape index (κ3) is 3.28. The van der Waals surface area contributed by atoms with Crippen molar-refractivity contribution in [2.75, 3.05) is 0 Å². The van der Waals surface area contributed by atoms with Crippen molar-refractivity contribution in [3.05, 3.63) is 52.9 Å². The second-order valence-corrected chi connectivity index (χ2v) is 4.86. The Kier molecular flexibility index (Phi) is 5.03. The van der Waals surface area contributed by atoms with Crippen LogP contribution in [0.4, 0.5) is 8.78 Å². The molecule has 0 saturated carbocycles. The minimum absolute atomic E-state index is 0.0399. The number of nitrogens with one attached hydrogen (secondary N) is 1. The van der Waals surface area contributed by atoms with E-state index >= 15 is 0 Å². The molecule has 4 nitrogen and oxygen atoms in total. The molecule has 2 rings (SSSR count). The molecule has 1 heterocycles. The summed E-state index contributed by atoms with van der Waals surface area (Å²) in [6.07, 6.45) is 1.18. The Hall–Kier alpha value is -1.79. The maximum atomic E-state index is 13.9. The number of nitrogens with two attached hydrogens (primary N) is 1. The molecule has 1 aromatic carbocycles. The number of hydrazine groups is 1. The van der Waals surface area contributed by atoms with Crippen molar-refractivity contribution in [2.45, 2.75) is 39.3 Å². The van der Waals surface area contributed by atoms with Gasteiger partial charge in [-0.25, -0.2) is 8.78 Å². The Balaban J connectivity index is 2.33. The van der Waals surface area contributed by atoms with Crippen molar-refractivity contribution in [1.29, 1.82) is 0 Å². The first kappa shape index (κ1) is 15.6. The molecular weight excluding hydrogens is 274 g/mol. The number of halogens is 2. The van der Waals surface area contributed by atoms with E-state index in [2.05, 4.69) is 10.5 Å². The van der Waals surface area contributed by atoms with E-state index < -0.39 is 17.7 Å². The minimum atomic E-state index is -0.641. The monoisotopic (exact) mass is 294 g/mol. The Labute approximate surface area is 122 Å². The van der Waals surface area contributed by atoms with E-state index in [1.165, 1.54) is 18.2 Å². The fourth-order valence-electron chi connectivity index (χ4n) is 2.42. The number of aryl methyl sites for hydroxylation is 2. The van der Waals surface area contributed by atoms with Gasteiger partial charge in [0, 0.05) is 24.2 Å². The first-order valence-electron chi connectivity index (χ1n) is 7.06. The molecule has 0 spiro atoms. The van der Waals surface area contributed by atoms with Crippen LogP contribution in [-0.2, 0) is 19.4 Å². The normalized spacial score (nSPS) is 12.6. The van der Waals surface area contributed by atoms with Crippen LogP contribution in [0.3, 0.4) is 0 Å². The number of hydrogen-bond acceptors (Lipinski definition) is 3. The zero-order valence-electron chi connectivity index (χ0n) is 12.2. The lowest BCUT2D eigenvalue weighted by Crippen LogP contribution is -2.31. The van der Waals surface area contributed by atoms with Crippen LogP contribution in [0.25, 0.3) is 0 Å². The molecule has 114 valence electrons. The molecule has 3 N–H and O–H groups in total. The Morgan fingerprint density at radius 2 is 1.95 bits per heavy atom. The van der Waals surface area contributed by atoms with E-state index in [0.717, 1.165) is 17.8 Å². The van der Waals surface area contributed by atoms with Gasteiger partial charge in [-0.3, -0.25) is 16.0 Å². The SMILES string of the molecule is CCc1cc(CC(NN)c2c(F)cccc2F)n(CC)n1. The first-order chi connectivity index (χ1) is 10.1. The summed E-state index contributed by atoms with van der Waals surface area (Å²) >= 11 is 0. The van der Waals surface area contributed by atoms with Crippen molar-refractivity contribution in [1.82, 2.24) is 15.2 Å². The average molecular weight is 294 g/mol. The van der Waals surface area contributed by atoms with Gasteiger partial charge in [0.25, 0.3) is 0 Å². The first-order valence-corrected chi connectivity index (χ1v) is 7.06. The predicted octanol–water partition coefficient (Wildman–Crippen LogP) is 2.49. The van der Waals surface area contributed by atoms with Crippen molar-refractivity contribution >= 4 is 0 Å². The standard InChI is InChI=1S/C15H20F2N4/c1-3-10-8-11(21(4-2)20-10)9-14(19-18)15-12(16)6-5-7-13(15)17/h5-8,14,19H,3-4,9,18H2,1-2H3. The Bertz CT molecular complexity index is 589. The number of aromatic nitrogens is 2. The molecule has 2 aromatic rings. The van der Waals surface area contributed by atoms with Crippen LogP contribution in [0.15, 0.2) is 24.3 Å². The molecular formula is C15H20F2N4. The van der Waals surface area contributed by atoms with Crippen LogP contribution < -0.4 is 11.3 Å². The van der Waals surface area contributed by atoms with E-state index in [1.54, 1.807) is 0 Å². The van der Waals surface area contributed by atoms with Gasteiger partial charge in [-0.2, -0.15) is 5.10 Å². The van der Waals surface area contributed by atoms with Gasteiger partial charge < -0.3 is 0 Å². The predicted molar refractivity (Wildman–Crippen MR) is 77.4 cm³/mol. The fraction of sp³-hybridized carbons (Fsp3) is 0.400. The number of benzene rings is 1. The summed E-state index contributed by atoms with van der Waals surface area (Å²) in [7, 11) is 0. The molecule has 0 radical (unpaired) electrons. The molecule has 0 aliphatic rings. The van der Waals surface area contributed by atoms with Gasteiger partial charge in [0.15, 0.2) is 0 Å². The molecule has 0 amide bonds. The van der Waals surface area contributed by atoms with E-state index in [4.69, 9.17) is 5.84 Å². The maximum Gasteiger partial charge on any atom is 0.130 e. The fourth-order valence-corrected chi connectivity index (χ4v) is 2.42. The third-order valence-corrected chi connectivity index (χ3v) is 3.54. The van der Waals surface area contributed by atoms with Gasteiger partial charge in [-0.1, -0.05) is 13.0 Å². The second-order valence-electron chi connectivity index (χ2n) is 4.86. The molecule has 0 fully saturated rings.